The van der Waals surface area contributed by atoms with Crippen LogP contribution in [-0.2, 0) is 0 Å². The van der Waals surface area contributed by atoms with Crippen LogP contribution in [0.1, 0.15) is 13.8 Å². The van der Waals surface area contributed by atoms with E-state index in [2.05, 4.69) is 35.7 Å². The van der Waals surface area contributed by atoms with Gasteiger partial charge in [-0.25, -0.2) is 0 Å². The second kappa shape index (κ2) is 3.94. The van der Waals surface area contributed by atoms with E-state index < -0.39 is 0 Å². The van der Waals surface area contributed by atoms with Crippen molar-refractivity contribution in [3.05, 3.63) is 18.5 Å². The van der Waals surface area contributed by atoms with Crippen LogP contribution >= 0.6 is 0 Å². The number of nitrogens with zero attached hydrogens (tertiary/aromatic N) is 3. The quantitative estimate of drug-likeness (QED) is 0.772. The van der Waals surface area contributed by atoms with Crippen LogP contribution in [-0.4, -0.2) is 42.1 Å². The van der Waals surface area contributed by atoms with Gasteiger partial charge in [-0.2, -0.15) is 0 Å². The number of piperazine rings is 1. The zero-order valence-corrected chi connectivity index (χ0v) is 10.3. The third-order valence-electron chi connectivity index (χ3n) is 3.49. The first-order valence-corrected chi connectivity index (χ1v) is 5.66. The fraction of sp³-hybridized carbons (Fsp3) is 0.583. The average Bonchev–Trinajstić information content (AvgIpc) is 2.23. The van der Waals surface area contributed by atoms with Crippen LogP contribution in [0.2, 0.25) is 0 Å². The smallest absolute Gasteiger partial charge is 0.0738 e. The predicted molar refractivity (Wildman–Crippen MR) is 67.6 cm³/mol. The molecule has 0 unspecified atom stereocenters. The van der Waals surface area contributed by atoms with Crippen molar-refractivity contribution < 1.29 is 0 Å². The van der Waals surface area contributed by atoms with Gasteiger partial charge >= 0.3 is 0 Å². The second-order valence-electron chi connectivity index (χ2n) is 5.09. The SMILES string of the molecule is CN1CCN(c2ccncc2N)CC1(C)C. The van der Waals surface area contributed by atoms with Crippen molar-refractivity contribution in [2.24, 2.45) is 0 Å². The molecule has 1 aromatic rings. The number of anilines is 2. The highest BCUT2D eigenvalue weighted by atomic mass is 15.3. The van der Waals surface area contributed by atoms with Crippen molar-refractivity contribution in [3.8, 4) is 0 Å². The zero-order valence-electron chi connectivity index (χ0n) is 10.3. The Hall–Kier alpha value is -1.29. The summed E-state index contributed by atoms with van der Waals surface area (Å²) >= 11 is 0. The molecule has 1 fully saturated rings. The summed E-state index contributed by atoms with van der Waals surface area (Å²) in [5.74, 6) is 0. The van der Waals surface area contributed by atoms with Crippen LogP contribution < -0.4 is 10.6 Å². The molecular weight excluding hydrogens is 200 g/mol. The minimum Gasteiger partial charge on any atom is -0.396 e. The summed E-state index contributed by atoms with van der Waals surface area (Å²) in [5, 5.41) is 0. The van der Waals surface area contributed by atoms with Gasteiger partial charge < -0.3 is 10.6 Å². The molecule has 0 atom stereocenters. The first-order chi connectivity index (χ1) is 7.50. The fourth-order valence-electron chi connectivity index (χ4n) is 2.13. The molecule has 0 spiro atoms. The first-order valence-electron chi connectivity index (χ1n) is 5.66. The summed E-state index contributed by atoms with van der Waals surface area (Å²) in [6.07, 6.45) is 3.53. The molecule has 2 rings (SSSR count). The Labute approximate surface area is 97.1 Å². The van der Waals surface area contributed by atoms with Crippen molar-refractivity contribution >= 4 is 11.4 Å². The molecule has 0 aliphatic carbocycles. The van der Waals surface area contributed by atoms with Gasteiger partial charge in [-0.15, -0.1) is 0 Å². The molecule has 2 N–H and O–H groups in total. The number of rotatable bonds is 1. The molecule has 1 aromatic heterocycles. The molecule has 0 bridgehead atoms. The summed E-state index contributed by atoms with van der Waals surface area (Å²) in [7, 11) is 2.17. The molecule has 0 aromatic carbocycles. The van der Waals surface area contributed by atoms with E-state index in [1.165, 1.54) is 0 Å². The Morgan fingerprint density at radius 3 is 2.75 bits per heavy atom. The normalized spacial score (nSPS) is 21.1. The van der Waals surface area contributed by atoms with Gasteiger partial charge in [0.05, 0.1) is 17.6 Å². The standard InChI is InChI=1S/C12H20N4/c1-12(2)9-16(7-6-15(12)3)11-4-5-14-8-10(11)13/h4-5,8H,6-7,9,13H2,1-3H3. The van der Waals surface area contributed by atoms with E-state index in [-0.39, 0.29) is 5.54 Å². The Balaban J connectivity index is 2.21. The summed E-state index contributed by atoms with van der Waals surface area (Å²) < 4.78 is 0. The summed E-state index contributed by atoms with van der Waals surface area (Å²) in [6, 6.07) is 2.00. The van der Waals surface area contributed by atoms with Gasteiger partial charge in [0.25, 0.3) is 0 Å². The number of hydrogen-bond acceptors (Lipinski definition) is 4. The second-order valence-corrected chi connectivity index (χ2v) is 5.09. The summed E-state index contributed by atoms with van der Waals surface area (Å²) in [4.78, 5) is 8.76. The Kier molecular flexibility index (Phi) is 2.76. The van der Waals surface area contributed by atoms with Gasteiger partial charge in [0.1, 0.15) is 0 Å². The largest absolute Gasteiger partial charge is 0.396 e. The molecule has 4 nitrogen and oxygen atoms in total. The maximum absolute atomic E-state index is 5.96. The van der Waals surface area contributed by atoms with E-state index in [0.29, 0.717) is 0 Å². The maximum atomic E-state index is 5.96. The molecule has 2 heterocycles. The number of nitrogens with two attached hydrogens (primary N) is 1. The number of aromatic nitrogens is 1. The van der Waals surface area contributed by atoms with Crippen LogP contribution in [0.25, 0.3) is 0 Å². The molecule has 1 aliphatic heterocycles. The van der Waals surface area contributed by atoms with Gasteiger partial charge in [-0.05, 0) is 27.0 Å². The van der Waals surface area contributed by atoms with Gasteiger partial charge in [-0.1, -0.05) is 0 Å². The molecule has 4 heteroatoms. The van der Waals surface area contributed by atoms with Gasteiger partial charge in [0.15, 0.2) is 0 Å². The van der Waals surface area contributed by atoms with Crippen LogP contribution in [0.4, 0.5) is 11.4 Å². The minimum atomic E-state index is 0.188. The minimum absolute atomic E-state index is 0.188. The molecule has 1 saturated heterocycles. The lowest BCUT2D eigenvalue weighted by molar-refractivity contribution is 0.139. The Morgan fingerprint density at radius 2 is 2.12 bits per heavy atom. The number of hydrogen-bond donors (Lipinski definition) is 1. The van der Waals surface area contributed by atoms with Crippen molar-refractivity contribution in [3.63, 3.8) is 0 Å². The van der Waals surface area contributed by atoms with Gasteiger partial charge in [0, 0.05) is 31.4 Å². The summed E-state index contributed by atoms with van der Waals surface area (Å²) in [6.45, 7) is 7.60. The van der Waals surface area contributed by atoms with Crippen LogP contribution in [0.15, 0.2) is 18.5 Å². The van der Waals surface area contributed by atoms with E-state index in [1.54, 1.807) is 12.4 Å². The summed E-state index contributed by atoms with van der Waals surface area (Å²) in [5.41, 5.74) is 8.02. The lowest BCUT2D eigenvalue weighted by Crippen LogP contribution is -2.57. The van der Waals surface area contributed by atoms with Crippen LogP contribution in [0, 0.1) is 0 Å². The fourth-order valence-corrected chi connectivity index (χ4v) is 2.13. The van der Waals surface area contributed by atoms with Crippen molar-refractivity contribution in [1.29, 1.82) is 0 Å². The van der Waals surface area contributed by atoms with Crippen LogP contribution in [0.5, 0.6) is 0 Å². The van der Waals surface area contributed by atoms with E-state index >= 15 is 0 Å². The number of likely N-dealkylation sites (N-methyl/N-ethyl adjacent to an activating group) is 1. The molecule has 1 aliphatic rings. The topological polar surface area (TPSA) is 45.4 Å². The number of nitrogen functional groups attached to an aromatic ring is 1. The molecule has 16 heavy (non-hydrogen) atoms. The van der Waals surface area contributed by atoms with E-state index in [4.69, 9.17) is 5.73 Å². The Bertz CT molecular complexity index is 375. The lowest BCUT2D eigenvalue weighted by atomic mass is 9.99. The Morgan fingerprint density at radius 1 is 1.38 bits per heavy atom. The number of pyridine rings is 1. The molecule has 88 valence electrons. The third kappa shape index (κ3) is 1.97. The van der Waals surface area contributed by atoms with Crippen molar-refractivity contribution in [2.45, 2.75) is 19.4 Å². The highest BCUT2D eigenvalue weighted by molar-refractivity contribution is 5.66. The highest BCUT2D eigenvalue weighted by Crippen LogP contribution is 2.27. The van der Waals surface area contributed by atoms with Crippen molar-refractivity contribution in [1.82, 2.24) is 9.88 Å². The monoisotopic (exact) mass is 220 g/mol. The molecule has 0 saturated carbocycles. The van der Waals surface area contributed by atoms with Gasteiger partial charge in [0.2, 0.25) is 0 Å². The van der Waals surface area contributed by atoms with Crippen LogP contribution in [0.3, 0.4) is 0 Å². The van der Waals surface area contributed by atoms with E-state index in [9.17, 15) is 0 Å². The average molecular weight is 220 g/mol. The first kappa shape index (κ1) is 11.2. The van der Waals surface area contributed by atoms with E-state index in [1.807, 2.05) is 6.07 Å². The van der Waals surface area contributed by atoms with Crippen molar-refractivity contribution in [2.75, 3.05) is 37.3 Å². The van der Waals surface area contributed by atoms with Gasteiger partial charge in [-0.3, -0.25) is 9.88 Å². The predicted octanol–water partition coefficient (Wildman–Crippen LogP) is 1.19. The molecular formula is C12H20N4. The molecule has 0 amide bonds. The zero-order chi connectivity index (χ0) is 11.8. The maximum Gasteiger partial charge on any atom is 0.0738 e. The lowest BCUT2D eigenvalue weighted by Gasteiger charge is -2.46. The molecule has 0 radical (unpaired) electrons. The van der Waals surface area contributed by atoms with E-state index in [0.717, 1.165) is 31.0 Å². The highest BCUT2D eigenvalue weighted by Gasteiger charge is 2.31. The third-order valence-corrected chi connectivity index (χ3v) is 3.49.